The molecule has 2 fully saturated rings. The highest BCUT2D eigenvalue weighted by Crippen LogP contribution is 2.26. The molecule has 1 aliphatic heterocycles. The maximum atomic E-state index is 11.7. The molecule has 1 amide bonds. The Morgan fingerprint density at radius 1 is 1.17 bits per heavy atom. The first kappa shape index (κ1) is 18.0. The molecule has 0 aromatic rings. The van der Waals surface area contributed by atoms with Crippen LogP contribution in [-0.2, 0) is 4.79 Å². The van der Waals surface area contributed by atoms with E-state index < -0.39 is 0 Å². The number of likely N-dealkylation sites (tertiary alicyclic amines) is 1. The number of carbonyl (C=O) groups excluding carboxylic acids is 1. The lowest BCUT2D eigenvalue weighted by Crippen LogP contribution is -2.51. The highest BCUT2D eigenvalue weighted by atomic mass is 16.1. The van der Waals surface area contributed by atoms with Crippen LogP contribution in [0.5, 0.6) is 0 Å². The van der Waals surface area contributed by atoms with Crippen LogP contribution in [0.25, 0.3) is 0 Å². The molecule has 0 spiro atoms. The summed E-state index contributed by atoms with van der Waals surface area (Å²) in [5.74, 6) is 0.724. The van der Waals surface area contributed by atoms with Crippen LogP contribution < -0.4 is 16.0 Å². The summed E-state index contributed by atoms with van der Waals surface area (Å²) in [5, 5.41) is 9.43. The van der Waals surface area contributed by atoms with E-state index in [9.17, 15) is 4.79 Å². The fourth-order valence-corrected chi connectivity index (χ4v) is 3.60. The topological polar surface area (TPSA) is 68.8 Å². The van der Waals surface area contributed by atoms with Crippen molar-refractivity contribution < 1.29 is 4.79 Å². The molecule has 2 aliphatic rings. The van der Waals surface area contributed by atoms with E-state index in [0.717, 1.165) is 24.8 Å². The second kappa shape index (κ2) is 9.11. The van der Waals surface area contributed by atoms with Gasteiger partial charge in [0, 0.05) is 38.3 Å². The Morgan fingerprint density at radius 2 is 1.83 bits per heavy atom. The van der Waals surface area contributed by atoms with Crippen LogP contribution in [0.2, 0.25) is 0 Å². The molecule has 0 radical (unpaired) electrons. The number of aliphatic imine (C=N–C) groups is 1. The molecule has 2 rings (SSSR count). The maximum Gasteiger partial charge on any atom is 0.239 e. The molecule has 3 N–H and O–H groups in total. The number of rotatable bonds is 5. The maximum absolute atomic E-state index is 11.7. The molecule has 0 aromatic heterocycles. The van der Waals surface area contributed by atoms with Crippen molar-refractivity contribution >= 4 is 11.9 Å². The summed E-state index contributed by atoms with van der Waals surface area (Å²) in [5.41, 5.74) is 0. The van der Waals surface area contributed by atoms with Crippen LogP contribution in [0, 0.1) is 0 Å². The fraction of sp³-hybridized carbons (Fsp3) is 0.882. The van der Waals surface area contributed by atoms with Gasteiger partial charge in [0.15, 0.2) is 5.96 Å². The average molecular weight is 323 g/mol. The molecule has 6 nitrogen and oxygen atoms in total. The van der Waals surface area contributed by atoms with Crippen LogP contribution >= 0.6 is 0 Å². The SMILES string of the molecule is CN=C(NCC(=O)NC(C)C)NC1CCN(C2CCCC2)CC1. The van der Waals surface area contributed by atoms with E-state index in [2.05, 4.69) is 25.8 Å². The summed E-state index contributed by atoms with van der Waals surface area (Å²) in [6, 6.07) is 1.44. The van der Waals surface area contributed by atoms with Gasteiger partial charge in [0.1, 0.15) is 0 Å². The monoisotopic (exact) mass is 323 g/mol. The molecular formula is C17H33N5O. The van der Waals surface area contributed by atoms with Gasteiger partial charge in [-0.2, -0.15) is 0 Å². The Kier molecular flexibility index (Phi) is 7.15. The van der Waals surface area contributed by atoms with E-state index in [-0.39, 0.29) is 18.5 Å². The third-order valence-electron chi connectivity index (χ3n) is 4.80. The zero-order valence-electron chi connectivity index (χ0n) is 14.9. The zero-order chi connectivity index (χ0) is 16.7. The first-order valence-electron chi connectivity index (χ1n) is 9.09. The van der Waals surface area contributed by atoms with Crippen LogP contribution in [-0.4, -0.2) is 61.6 Å². The molecular weight excluding hydrogens is 290 g/mol. The second-order valence-corrected chi connectivity index (χ2v) is 7.04. The third kappa shape index (κ3) is 6.01. The van der Waals surface area contributed by atoms with Crippen LogP contribution in [0.3, 0.4) is 0 Å². The molecule has 0 unspecified atom stereocenters. The lowest BCUT2D eigenvalue weighted by atomic mass is 10.0. The van der Waals surface area contributed by atoms with E-state index in [0.29, 0.717) is 6.04 Å². The quantitative estimate of drug-likeness (QED) is 0.523. The Labute approximate surface area is 140 Å². The third-order valence-corrected chi connectivity index (χ3v) is 4.80. The predicted octanol–water partition coefficient (Wildman–Crippen LogP) is 1.08. The number of hydrogen-bond acceptors (Lipinski definition) is 3. The van der Waals surface area contributed by atoms with Crippen LogP contribution in [0.15, 0.2) is 4.99 Å². The molecule has 0 atom stereocenters. The lowest BCUT2D eigenvalue weighted by Gasteiger charge is -2.36. The van der Waals surface area contributed by atoms with Gasteiger partial charge in [0.2, 0.25) is 5.91 Å². The smallest absolute Gasteiger partial charge is 0.239 e. The molecule has 132 valence electrons. The van der Waals surface area contributed by atoms with Gasteiger partial charge in [0.05, 0.1) is 6.54 Å². The number of piperidine rings is 1. The Balaban J connectivity index is 1.68. The minimum atomic E-state index is -0.000923. The highest BCUT2D eigenvalue weighted by Gasteiger charge is 2.27. The van der Waals surface area contributed by atoms with Gasteiger partial charge in [-0.05, 0) is 39.5 Å². The molecule has 23 heavy (non-hydrogen) atoms. The van der Waals surface area contributed by atoms with Crippen LogP contribution in [0.1, 0.15) is 52.4 Å². The summed E-state index contributed by atoms with van der Waals surface area (Å²) >= 11 is 0. The molecule has 0 bridgehead atoms. The van der Waals surface area contributed by atoms with Gasteiger partial charge in [-0.25, -0.2) is 0 Å². The van der Waals surface area contributed by atoms with Gasteiger partial charge >= 0.3 is 0 Å². The van der Waals surface area contributed by atoms with E-state index in [1.807, 2.05) is 13.8 Å². The molecule has 1 aliphatic carbocycles. The summed E-state index contributed by atoms with van der Waals surface area (Å²) in [7, 11) is 1.75. The van der Waals surface area contributed by atoms with Gasteiger partial charge in [-0.1, -0.05) is 12.8 Å². The number of hydrogen-bond donors (Lipinski definition) is 3. The van der Waals surface area contributed by atoms with Crippen molar-refractivity contribution in [2.75, 3.05) is 26.7 Å². The number of nitrogens with zero attached hydrogens (tertiary/aromatic N) is 2. The summed E-state index contributed by atoms with van der Waals surface area (Å²) in [6.45, 7) is 6.53. The Bertz CT molecular complexity index is 396. The van der Waals surface area contributed by atoms with Crippen molar-refractivity contribution in [2.45, 2.75) is 70.5 Å². The van der Waals surface area contributed by atoms with Crippen molar-refractivity contribution in [1.82, 2.24) is 20.9 Å². The Hall–Kier alpha value is -1.30. The van der Waals surface area contributed by atoms with Crippen LogP contribution in [0.4, 0.5) is 0 Å². The van der Waals surface area contributed by atoms with Gasteiger partial charge in [-0.15, -0.1) is 0 Å². The molecule has 1 saturated heterocycles. The van der Waals surface area contributed by atoms with Gasteiger partial charge < -0.3 is 20.9 Å². The average Bonchev–Trinajstić information content (AvgIpc) is 3.05. The molecule has 6 heteroatoms. The summed E-state index contributed by atoms with van der Waals surface area (Å²) in [4.78, 5) is 18.6. The Morgan fingerprint density at radius 3 is 2.39 bits per heavy atom. The summed E-state index contributed by atoms with van der Waals surface area (Å²) < 4.78 is 0. The molecule has 0 aromatic carbocycles. The van der Waals surface area contributed by atoms with Crippen molar-refractivity contribution in [3.8, 4) is 0 Å². The molecule has 1 heterocycles. The van der Waals surface area contributed by atoms with Crippen molar-refractivity contribution in [3.05, 3.63) is 0 Å². The highest BCUT2D eigenvalue weighted by molar-refractivity contribution is 5.86. The van der Waals surface area contributed by atoms with E-state index in [1.54, 1.807) is 7.05 Å². The lowest BCUT2D eigenvalue weighted by molar-refractivity contribution is -0.120. The number of guanidine groups is 1. The van der Waals surface area contributed by atoms with Gasteiger partial charge in [-0.3, -0.25) is 9.79 Å². The minimum Gasteiger partial charge on any atom is -0.354 e. The summed E-state index contributed by atoms with van der Waals surface area (Å²) in [6.07, 6.45) is 7.86. The fourth-order valence-electron chi connectivity index (χ4n) is 3.60. The first-order chi connectivity index (χ1) is 11.1. The van der Waals surface area contributed by atoms with Crippen molar-refractivity contribution in [3.63, 3.8) is 0 Å². The zero-order valence-corrected chi connectivity index (χ0v) is 14.9. The minimum absolute atomic E-state index is 0.000923. The standard InChI is InChI=1S/C17H33N5O/c1-13(2)20-16(23)12-19-17(18-3)21-14-8-10-22(11-9-14)15-6-4-5-7-15/h13-15H,4-12H2,1-3H3,(H,20,23)(H2,18,19,21). The van der Waals surface area contributed by atoms with Crippen molar-refractivity contribution in [2.24, 2.45) is 4.99 Å². The largest absolute Gasteiger partial charge is 0.354 e. The van der Waals surface area contributed by atoms with E-state index in [4.69, 9.17) is 0 Å². The number of amides is 1. The normalized spacial score (nSPS) is 21.7. The van der Waals surface area contributed by atoms with E-state index >= 15 is 0 Å². The van der Waals surface area contributed by atoms with E-state index in [1.165, 1.54) is 38.8 Å². The first-order valence-corrected chi connectivity index (χ1v) is 9.09. The van der Waals surface area contributed by atoms with Crippen molar-refractivity contribution in [1.29, 1.82) is 0 Å². The number of carbonyl (C=O) groups is 1. The number of nitrogens with one attached hydrogen (secondary N) is 3. The van der Waals surface area contributed by atoms with Gasteiger partial charge in [0.25, 0.3) is 0 Å². The predicted molar refractivity (Wildman–Crippen MR) is 94.6 cm³/mol. The molecule has 1 saturated carbocycles. The second-order valence-electron chi connectivity index (χ2n) is 7.04.